The quantitative estimate of drug-likeness (QED) is 0.828. The van der Waals surface area contributed by atoms with Gasteiger partial charge in [0.2, 0.25) is 5.91 Å². The van der Waals surface area contributed by atoms with Crippen molar-refractivity contribution in [2.75, 3.05) is 13.1 Å². The van der Waals surface area contributed by atoms with E-state index >= 15 is 0 Å². The molecule has 1 saturated heterocycles. The summed E-state index contributed by atoms with van der Waals surface area (Å²) in [5, 5.41) is 12.9. The molecule has 2 heterocycles. The lowest BCUT2D eigenvalue weighted by Crippen LogP contribution is -2.44. The average molecular weight is 252 g/mol. The van der Waals surface area contributed by atoms with Crippen LogP contribution < -0.4 is 0 Å². The summed E-state index contributed by atoms with van der Waals surface area (Å²) in [4.78, 5) is 28.6. The number of hydrogen-bond donors (Lipinski definition) is 1. The Hall–Kier alpha value is -1.92. The van der Waals surface area contributed by atoms with Crippen molar-refractivity contribution in [2.24, 2.45) is 5.92 Å². The first-order valence-corrected chi connectivity index (χ1v) is 5.95. The van der Waals surface area contributed by atoms with Gasteiger partial charge in [0, 0.05) is 13.1 Å². The highest BCUT2D eigenvalue weighted by Gasteiger charge is 2.30. The molecule has 2 rings (SSSR count). The molecule has 0 bridgehead atoms. The van der Waals surface area contributed by atoms with E-state index in [1.165, 1.54) is 17.3 Å². The zero-order chi connectivity index (χ0) is 13.1. The summed E-state index contributed by atoms with van der Waals surface area (Å²) in [6.45, 7) is 2.64. The maximum absolute atomic E-state index is 12.2. The van der Waals surface area contributed by atoms with Crippen LogP contribution >= 0.6 is 0 Å². The van der Waals surface area contributed by atoms with Gasteiger partial charge in [-0.05, 0) is 19.8 Å². The summed E-state index contributed by atoms with van der Waals surface area (Å²) < 4.78 is 1.48. The summed E-state index contributed by atoms with van der Waals surface area (Å²) in [6.07, 6.45) is 4.23. The molecule has 1 fully saturated rings. The number of piperidine rings is 1. The molecule has 0 aromatic carbocycles. The molecule has 1 aliphatic rings. The van der Waals surface area contributed by atoms with Crippen LogP contribution in [0.5, 0.6) is 0 Å². The third-order valence-electron chi connectivity index (χ3n) is 3.27. The number of rotatable bonds is 3. The second-order valence-corrected chi connectivity index (χ2v) is 4.51. The first-order chi connectivity index (χ1) is 8.59. The number of amides is 1. The van der Waals surface area contributed by atoms with Crippen molar-refractivity contribution in [1.82, 2.24) is 19.7 Å². The van der Waals surface area contributed by atoms with Gasteiger partial charge < -0.3 is 10.0 Å². The van der Waals surface area contributed by atoms with E-state index in [0.29, 0.717) is 13.0 Å². The lowest BCUT2D eigenvalue weighted by Gasteiger charge is -2.32. The number of aromatic nitrogens is 3. The Morgan fingerprint density at radius 3 is 2.89 bits per heavy atom. The fourth-order valence-electron chi connectivity index (χ4n) is 2.17. The van der Waals surface area contributed by atoms with Crippen LogP contribution in [0.3, 0.4) is 0 Å². The summed E-state index contributed by atoms with van der Waals surface area (Å²) in [7, 11) is 0. The Labute approximate surface area is 104 Å². The molecule has 1 amide bonds. The van der Waals surface area contributed by atoms with Gasteiger partial charge in [-0.1, -0.05) is 0 Å². The van der Waals surface area contributed by atoms with Crippen molar-refractivity contribution in [3.8, 4) is 0 Å². The molecule has 0 radical (unpaired) electrons. The number of aliphatic carboxylic acids is 1. The number of carbonyl (C=O) groups excluding carboxylic acids is 1. The van der Waals surface area contributed by atoms with E-state index in [2.05, 4.69) is 10.1 Å². The first kappa shape index (κ1) is 12.5. The molecule has 1 aliphatic heterocycles. The highest BCUT2D eigenvalue weighted by atomic mass is 16.4. The second-order valence-electron chi connectivity index (χ2n) is 4.51. The molecule has 98 valence electrons. The molecule has 18 heavy (non-hydrogen) atoms. The molecule has 7 nitrogen and oxygen atoms in total. The van der Waals surface area contributed by atoms with E-state index in [1.807, 2.05) is 0 Å². The smallest absolute Gasteiger partial charge is 0.308 e. The van der Waals surface area contributed by atoms with Crippen LogP contribution in [0.4, 0.5) is 0 Å². The number of carbonyl (C=O) groups is 2. The Morgan fingerprint density at radius 2 is 2.28 bits per heavy atom. The lowest BCUT2D eigenvalue weighted by atomic mass is 9.98. The van der Waals surface area contributed by atoms with Gasteiger partial charge in [0.15, 0.2) is 0 Å². The number of carboxylic acid groups (broad SMARTS) is 1. The minimum absolute atomic E-state index is 0.105. The minimum atomic E-state index is -0.832. The van der Waals surface area contributed by atoms with E-state index in [-0.39, 0.29) is 12.5 Å². The molecule has 1 aromatic heterocycles. The second kappa shape index (κ2) is 5.16. The molecule has 2 atom stereocenters. The topological polar surface area (TPSA) is 88.3 Å². The lowest BCUT2D eigenvalue weighted by molar-refractivity contribution is -0.146. The largest absolute Gasteiger partial charge is 0.481 e. The minimum Gasteiger partial charge on any atom is -0.481 e. The molecule has 1 unspecified atom stereocenters. The molecule has 1 N–H and O–H groups in total. The highest BCUT2D eigenvalue weighted by Crippen LogP contribution is 2.19. The molecule has 0 aliphatic carbocycles. The Kier molecular flexibility index (Phi) is 3.59. The van der Waals surface area contributed by atoms with Crippen LogP contribution in [0.25, 0.3) is 0 Å². The first-order valence-electron chi connectivity index (χ1n) is 5.95. The van der Waals surface area contributed by atoms with Crippen LogP contribution in [0, 0.1) is 5.92 Å². The fourth-order valence-corrected chi connectivity index (χ4v) is 2.17. The molecular formula is C11H16N4O3. The van der Waals surface area contributed by atoms with Crippen molar-refractivity contribution in [1.29, 1.82) is 0 Å². The molecule has 0 spiro atoms. The van der Waals surface area contributed by atoms with Gasteiger partial charge in [-0.15, -0.1) is 0 Å². The Morgan fingerprint density at radius 1 is 1.50 bits per heavy atom. The standard InChI is InChI=1S/C11H16N4O3/c1-8(15-7-12-6-13-15)10(16)14-4-2-3-9(5-14)11(17)18/h6-9H,2-5H2,1H3,(H,17,18)/t8?,9-/m0/s1. The molecule has 0 saturated carbocycles. The zero-order valence-electron chi connectivity index (χ0n) is 10.2. The third-order valence-corrected chi connectivity index (χ3v) is 3.27. The van der Waals surface area contributed by atoms with Gasteiger partial charge in [-0.3, -0.25) is 9.59 Å². The van der Waals surface area contributed by atoms with E-state index in [1.54, 1.807) is 11.8 Å². The van der Waals surface area contributed by atoms with Crippen LogP contribution in [0.2, 0.25) is 0 Å². The highest BCUT2D eigenvalue weighted by molar-refractivity contribution is 5.81. The van der Waals surface area contributed by atoms with Crippen LogP contribution in [-0.2, 0) is 9.59 Å². The van der Waals surface area contributed by atoms with Crippen molar-refractivity contribution in [2.45, 2.75) is 25.8 Å². The number of nitrogens with zero attached hydrogens (tertiary/aromatic N) is 4. The summed E-state index contributed by atoms with van der Waals surface area (Å²) in [6, 6.07) is -0.444. The van der Waals surface area contributed by atoms with Gasteiger partial charge in [-0.25, -0.2) is 9.67 Å². The summed E-state index contributed by atoms with van der Waals surface area (Å²) in [5.74, 6) is -1.39. The van der Waals surface area contributed by atoms with Crippen molar-refractivity contribution >= 4 is 11.9 Å². The monoisotopic (exact) mass is 252 g/mol. The van der Waals surface area contributed by atoms with E-state index in [0.717, 1.165) is 6.42 Å². The summed E-state index contributed by atoms with van der Waals surface area (Å²) >= 11 is 0. The van der Waals surface area contributed by atoms with Crippen LogP contribution in [-0.4, -0.2) is 49.7 Å². The van der Waals surface area contributed by atoms with Gasteiger partial charge >= 0.3 is 5.97 Å². The van der Waals surface area contributed by atoms with Crippen molar-refractivity contribution in [3.05, 3.63) is 12.7 Å². The van der Waals surface area contributed by atoms with Crippen molar-refractivity contribution < 1.29 is 14.7 Å². The van der Waals surface area contributed by atoms with Gasteiger partial charge in [0.05, 0.1) is 5.92 Å². The van der Waals surface area contributed by atoms with Gasteiger partial charge in [0.1, 0.15) is 18.7 Å². The number of likely N-dealkylation sites (tertiary alicyclic amines) is 1. The maximum Gasteiger partial charge on any atom is 0.308 e. The maximum atomic E-state index is 12.2. The van der Waals surface area contributed by atoms with Gasteiger partial charge in [0.25, 0.3) is 0 Å². The Balaban J connectivity index is 2.02. The molecule has 1 aromatic rings. The molecular weight excluding hydrogens is 236 g/mol. The predicted molar refractivity (Wildman–Crippen MR) is 61.7 cm³/mol. The van der Waals surface area contributed by atoms with Crippen molar-refractivity contribution in [3.63, 3.8) is 0 Å². The van der Waals surface area contributed by atoms with Crippen LogP contribution in [0.1, 0.15) is 25.8 Å². The summed E-state index contributed by atoms with van der Waals surface area (Å²) in [5.41, 5.74) is 0. The number of hydrogen-bond acceptors (Lipinski definition) is 4. The van der Waals surface area contributed by atoms with E-state index in [9.17, 15) is 9.59 Å². The zero-order valence-corrected chi connectivity index (χ0v) is 10.2. The predicted octanol–water partition coefficient (Wildman–Crippen LogP) is 0.162. The Bertz CT molecular complexity index is 432. The SMILES string of the molecule is CC(C(=O)N1CCC[C@H](C(=O)O)C1)n1cncn1. The third kappa shape index (κ3) is 2.49. The average Bonchev–Trinajstić information content (AvgIpc) is 2.91. The number of carboxylic acids is 1. The van der Waals surface area contributed by atoms with Crippen LogP contribution in [0.15, 0.2) is 12.7 Å². The van der Waals surface area contributed by atoms with E-state index < -0.39 is 17.9 Å². The van der Waals surface area contributed by atoms with Gasteiger partial charge in [-0.2, -0.15) is 5.10 Å². The fraction of sp³-hybridized carbons (Fsp3) is 0.636. The van der Waals surface area contributed by atoms with E-state index in [4.69, 9.17) is 5.11 Å². The molecule has 7 heteroatoms. The normalized spacial score (nSPS) is 21.6.